The second kappa shape index (κ2) is 5.83. The average molecular weight is 272 g/mol. The van der Waals surface area contributed by atoms with Gasteiger partial charge < -0.3 is 9.84 Å². The first-order valence-corrected chi connectivity index (χ1v) is 5.77. The first kappa shape index (κ1) is 13.5. The Labute approximate surface area is 115 Å². The van der Waals surface area contributed by atoms with Crippen LogP contribution in [0.2, 0.25) is 0 Å². The predicted molar refractivity (Wildman–Crippen MR) is 75.0 cm³/mol. The Morgan fingerprint density at radius 3 is 2.70 bits per heavy atom. The van der Waals surface area contributed by atoms with Crippen molar-refractivity contribution in [2.45, 2.75) is 0 Å². The summed E-state index contributed by atoms with van der Waals surface area (Å²) in [5, 5.41) is 20.5. The molecule has 0 amide bonds. The SMILES string of the molecule is COc1ccccc1N=Cc1cccc([N+](=O)[O-])c1O. The van der Waals surface area contributed by atoms with E-state index in [1.54, 1.807) is 24.3 Å². The number of rotatable bonds is 4. The molecule has 0 aliphatic rings. The number of nitro groups is 1. The molecule has 0 fully saturated rings. The highest BCUT2D eigenvalue weighted by molar-refractivity contribution is 5.87. The number of phenolic OH excluding ortho intramolecular Hbond substituents is 1. The molecule has 0 saturated carbocycles. The molecule has 6 nitrogen and oxygen atoms in total. The van der Waals surface area contributed by atoms with Crippen LogP contribution in [0.4, 0.5) is 11.4 Å². The molecule has 6 heteroatoms. The van der Waals surface area contributed by atoms with Gasteiger partial charge in [-0.2, -0.15) is 0 Å². The van der Waals surface area contributed by atoms with Crippen LogP contribution < -0.4 is 4.74 Å². The Hall–Kier alpha value is -2.89. The zero-order valence-electron chi connectivity index (χ0n) is 10.7. The number of aliphatic imine (C=N–C) groups is 1. The van der Waals surface area contributed by atoms with Gasteiger partial charge in [0.1, 0.15) is 11.4 Å². The van der Waals surface area contributed by atoms with E-state index in [9.17, 15) is 15.2 Å². The number of benzene rings is 2. The molecule has 0 bridgehead atoms. The number of methoxy groups -OCH3 is 1. The molecule has 0 unspecified atom stereocenters. The summed E-state index contributed by atoms with van der Waals surface area (Å²) in [5.41, 5.74) is 0.486. The lowest BCUT2D eigenvalue weighted by Gasteiger charge is -2.03. The molecule has 102 valence electrons. The van der Waals surface area contributed by atoms with Gasteiger partial charge in [0.25, 0.3) is 0 Å². The molecule has 0 aromatic heterocycles. The molecule has 0 aliphatic carbocycles. The molecule has 0 heterocycles. The zero-order valence-corrected chi connectivity index (χ0v) is 10.7. The van der Waals surface area contributed by atoms with Crippen LogP contribution in [0.25, 0.3) is 0 Å². The summed E-state index contributed by atoms with van der Waals surface area (Å²) in [7, 11) is 1.53. The standard InChI is InChI=1S/C14H12N2O4/c1-20-13-8-3-2-6-11(13)15-9-10-5-4-7-12(14(10)17)16(18)19/h2-9,17H,1H3. The fraction of sp³-hybridized carbons (Fsp3) is 0.0714. The molecule has 0 saturated heterocycles. The topological polar surface area (TPSA) is 85.0 Å². The second-order valence-electron chi connectivity index (χ2n) is 3.90. The normalized spacial score (nSPS) is 10.7. The summed E-state index contributed by atoms with van der Waals surface area (Å²) >= 11 is 0. The van der Waals surface area contributed by atoms with E-state index in [2.05, 4.69) is 4.99 Å². The van der Waals surface area contributed by atoms with E-state index in [0.29, 0.717) is 11.4 Å². The van der Waals surface area contributed by atoms with Crippen molar-refractivity contribution < 1.29 is 14.8 Å². The Bertz CT molecular complexity index is 668. The number of hydrogen-bond donors (Lipinski definition) is 1. The molecular formula is C14H12N2O4. The minimum atomic E-state index is -0.643. The number of nitro benzene ring substituents is 1. The van der Waals surface area contributed by atoms with E-state index in [1.165, 1.54) is 25.5 Å². The number of para-hydroxylation sites is 3. The van der Waals surface area contributed by atoms with Crippen molar-refractivity contribution in [2.75, 3.05) is 7.11 Å². The summed E-state index contributed by atoms with van der Waals surface area (Å²) in [5.74, 6) is 0.171. The van der Waals surface area contributed by atoms with Crippen molar-refractivity contribution in [3.8, 4) is 11.5 Å². The lowest BCUT2D eigenvalue weighted by Crippen LogP contribution is -1.91. The van der Waals surface area contributed by atoms with Crippen LogP contribution in [0.5, 0.6) is 11.5 Å². The first-order chi connectivity index (χ1) is 9.63. The predicted octanol–water partition coefficient (Wildman–Crippen LogP) is 3.06. The summed E-state index contributed by atoms with van der Waals surface area (Å²) in [6.07, 6.45) is 1.36. The van der Waals surface area contributed by atoms with Crippen molar-refractivity contribution in [2.24, 2.45) is 4.99 Å². The maximum absolute atomic E-state index is 10.7. The molecule has 0 spiro atoms. The number of aromatic hydroxyl groups is 1. The van der Waals surface area contributed by atoms with Gasteiger partial charge in [-0.1, -0.05) is 18.2 Å². The van der Waals surface area contributed by atoms with Gasteiger partial charge in [-0.25, -0.2) is 0 Å². The van der Waals surface area contributed by atoms with Crippen LogP contribution >= 0.6 is 0 Å². The molecule has 0 aliphatic heterocycles. The number of hydrogen-bond acceptors (Lipinski definition) is 5. The van der Waals surface area contributed by atoms with Crippen LogP contribution in [-0.4, -0.2) is 23.4 Å². The summed E-state index contributed by atoms with van der Waals surface area (Å²) < 4.78 is 5.14. The maximum Gasteiger partial charge on any atom is 0.311 e. The van der Waals surface area contributed by atoms with E-state index in [1.807, 2.05) is 6.07 Å². The third-order valence-corrected chi connectivity index (χ3v) is 2.67. The molecule has 0 radical (unpaired) electrons. The minimum absolute atomic E-state index is 0.269. The Balaban J connectivity index is 2.37. The fourth-order valence-corrected chi connectivity index (χ4v) is 1.68. The van der Waals surface area contributed by atoms with E-state index in [4.69, 9.17) is 4.74 Å². The molecular weight excluding hydrogens is 260 g/mol. The van der Waals surface area contributed by atoms with Crippen LogP contribution in [0, 0.1) is 10.1 Å². The molecule has 2 aromatic carbocycles. The largest absolute Gasteiger partial charge is 0.502 e. The monoisotopic (exact) mass is 272 g/mol. The Morgan fingerprint density at radius 1 is 1.25 bits per heavy atom. The van der Waals surface area contributed by atoms with Crippen LogP contribution in [0.3, 0.4) is 0 Å². The van der Waals surface area contributed by atoms with Crippen molar-refractivity contribution in [3.63, 3.8) is 0 Å². The number of nitrogens with zero attached hydrogens (tertiary/aromatic N) is 2. The molecule has 1 N–H and O–H groups in total. The molecule has 2 rings (SSSR count). The number of ether oxygens (including phenoxy) is 1. The van der Waals surface area contributed by atoms with Gasteiger partial charge in [-0.3, -0.25) is 15.1 Å². The smallest absolute Gasteiger partial charge is 0.311 e. The van der Waals surface area contributed by atoms with Crippen molar-refractivity contribution in [3.05, 3.63) is 58.1 Å². The molecule has 20 heavy (non-hydrogen) atoms. The van der Waals surface area contributed by atoms with Gasteiger partial charge in [0.2, 0.25) is 5.75 Å². The Kier molecular flexibility index (Phi) is 3.95. The maximum atomic E-state index is 10.7. The summed E-state index contributed by atoms with van der Waals surface area (Å²) in [4.78, 5) is 14.3. The van der Waals surface area contributed by atoms with Gasteiger partial charge in [0.15, 0.2) is 0 Å². The van der Waals surface area contributed by atoms with Crippen molar-refractivity contribution >= 4 is 17.6 Å². The third-order valence-electron chi connectivity index (χ3n) is 2.67. The van der Waals surface area contributed by atoms with Crippen molar-refractivity contribution in [1.82, 2.24) is 0 Å². The van der Waals surface area contributed by atoms with Gasteiger partial charge >= 0.3 is 5.69 Å². The van der Waals surface area contributed by atoms with Crippen LogP contribution in [0.1, 0.15) is 5.56 Å². The van der Waals surface area contributed by atoms with E-state index < -0.39 is 10.7 Å². The third kappa shape index (κ3) is 2.74. The van der Waals surface area contributed by atoms with E-state index in [0.717, 1.165) is 0 Å². The highest BCUT2D eigenvalue weighted by atomic mass is 16.6. The highest BCUT2D eigenvalue weighted by Crippen LogP contribution is 2.30. The lowest BCUT2D eigenvalue weighted by atomic mass is 10.2. The van der Waals surface area contributed by atoms with E-state index in [-0.39, 0.29) is 11.3 Å². The van der Waals surface area contributed by atoms with Gasteiger partial charge in [0.05, 0.1) is 12.0 Å². The zero-order chi connectivity index (χ0) is 14.5. The summed E-state index contributed by atoms with van der Waals surface area (Å²) in [6, 6.07) is 11.4. The quantitative estimate of drug-likeness (QED) is 0.526. The fourth-order valence-electron chi connectivity index (χ4n) is 1.68. The average Bonchev–Trinajstić information content (AvgIpc) is 2.46. The van der Waals surface area contributed by atoms with Gasteiger partial charge in [-0.05, 0) is 18.2 Å². The van der Waals surface area contributed by atoms with Gasteiger partial charge in [0, 0.05) is 17.8 Å². The molecule has 2 aromatic rings. The lowest BCUT2D eigenvalue weighted by molar-refractivity contribution is -0.385. The van der Waals surface area contributed by atoms with Crippen LogP contribution in [-0.2, 0) is 0 Å². The highest BCUT2D eigenvalue weighted by Gasteiger charge is 2.15. The van der Waals surface area contributed by atoms with Crippen LogP contribution in [0.15, 0.2) is 47.5 Å². The van der Waals surface area contributed by atoms with Crippen molar-refractivity contribution in [1.29, 1.82) is 0 Å². The minimum Gasteiger partial charge on any atom is -0.502 e. The molecule has 0 atom stereocenters. The first-order valence-electron chi connectivity index (χ1n) is 5.77. The number of phenols is 1. The Morgan fingerprint density at radius 2 is 2.00 bits per heavy atom. The van der Waals surface area contributed by atoms with Gasteiger partial charge in [-0.15, -0.1) is 0 Å². The second-order valence-corrected chi connectivity index (χ2v) is 3.90. The van der Waals surface area contributed by atoms with E-state index >= 15 is 0 Å². The summed E-state index contributed by atoms with van der Waals surface area (Å²) in [6.45, 7) is 0.